The molecular formula is C25H23N9O. The molecule has 0 fully saturated rings. The average molecular weight is 466 g/mol. The molecule has 1 N–H and O–H groups in total. The lowest BCUT2D eigenvalue weighted by Gasteiger charge is -2.17. The number of nitrogens with zero attached hydrogens (tertiary/aromatic N) is 8. The minimum atomic E-state index is -0.210. The molecule has 0 saturated carbocycles. The summed E-state index contributed by atoms with van der Waals surface area (Å²) < 4.78 is 9.15. The smallest absolute Gasteiger partial charge is 0.163 e. The molecule has 0 radical (unpaired) electrons. The van der Waals surface area contributed by atoms with Gasteiger partial charge in [0.25, 0.3) is 0 Å². The zero-order valence-electron chi connectivity index (χ0n) is 19.8. The Hall–Kier alpha value is -4.62. The lowest BCUT2D eigenvalue weighted by molar-refractivity contribution is 0.119. The number of nitriles is 1. The molecule has 0 spiro atoms. The Kier molecular flexibility index (Phi) is 5.68. The number of imidazole rings is 1. The Morgan fingerprint density at radius 1 is 1.06 bits per heavy atom. The van der Waals surface area contributed by atoms with Crippen LogP contribution in [0.5, 0.6) is 0 Å². The number of aromatic nitrogens is 7. The van der Waals surface area contributed by atoms with Gasteiger partial charge < -0.3 is 10.1 Å². The van der Waals surface area contributed by atoms with Crippen molar-refractivity contribution < 1.29 is 4.74 Å². The molecule has 0 unspecified atom stereocenters. The second kappa shape index (κ2) is 8.96. The molecule has 4 heterocycles. The van der Waals surface area contributed by atoms with Gasteiger partial charge in [0.15, 0.2) is 17.3 Å². The number of benzene rings is 1. The van der Waals surface area contributed by atoms with Gasteiger partial charge in [-0.2, -0.15) is 15.5 Å². The Morgan fingerprint density at radius 3 is 2.63 bits per heavy atom. The van der Waals surface area contributed by atoms with Crippen molar-refractivity contribution in [2.24, 2.45) is 0 Å². The van der Waals surface area contributed by atoms with E-state index in [9.17, 15) is 5.26 Å². The number of fused-ring (bicyclic) bond motifs is 1. The van der Waals surface area contributed by atoms with Gasteiger partial charge in [-0.15, -0.1) is 5.10 Å². The van der Waals surface area contributed by atoms with Gasteiger partial charge >= 0.3 is 0 Å². The van der Waals surface area contributed by atoms with E-state index in [4.69, 9.17) is 9.72 Å². The van der Waals surface area contributed by atoms with Gasteiger partial charge in [0.2, 0.25) is 0 Å². The van der Waals surface area contributed by atoms with Gasteiger partial charge in [0.05, 0.1) is 22.8 Å². The van der Waals surface area contributed by atoms with E-state index in [1.165, 1.54) is 0 Å². The number of rotatable bonds is 6. The first-order valence-corrected chi connectivity index (χ1v) is 11.0. The molecule has 5 rings (SSSR count). The number of hydrogen-bond acceptors (Lipinski definition) is 8. The van der Waals surface area contributed by atoms with Crippen LogP contribution in [0.2, 0.25) is 0 Å². The fraction of sp³-hybridized carbons (Fsp3) is 0.200. The maximum Gasteiger partial charge on any atom is 0.163 e. The largest absolute Gasteiger partial charge is 0.377 e. The van der Waals surface area contributed by atoms with Crippen molar-refractivity contribution in [2.45, 2.75) is 26.9 Å². The molecule has 1 atom stereocenters. The highest BCUT2D eigenvalue weighted by Gasteiger charge is 2.18. The van der Waals surface area contributed by atoms with Crippen LogP contribution in [0.25, 0.3) is 22.7 Å². The first kappa shape index (κ1) is 22.2. The van der Waals surface area contributed by atoms with Crippen molar-refractivity contribution in [2.75, 3.05) is 12.4 Å². The lowest BCUT2D eigenvalue weighted by Crippen LogP contribution is -2.11. The summed E-state index contributed by atoms with van der Waals surface area (Å²) in [6.45, 7) is 5.74. The number of methoxy groups -OCH3 is 1. The Morgan fingerprint density at radius 2 is 1.91 bits per heavy atom. The summed E-state index contributed by atoms with van der Waals surface area (Å²) in [7, 11) is 1.65. The highest BCUT2D eigenvalue weighted by Crippen LogP contribution is 2.27. The van der Waals surface area contributed by atoms with Gasteiger partial charge in [0.1, 0.15) is 18.2 Å². The molecule has 5 aromatic rings. The van der Waals surface area contributed by atoms with Crippen LogP contribution in [-0.4, -0.2) is 41.6 Å². The predicted molar refractivity (Wildman–Crippen MR) is 131 cm³/mol. The van der Waals surface area contributed by atoms with E-state index in [1.807, 2.05) is 67.8 Å². The topological polar surface area (TPSA) is 119 Å². The SMILES string of the molecule is CO[C@@H](C)c1ccc(-n2cnc3cc(Nc4ccc(C)nn4)ccc32)nc1-n1nc(C#N)cc1C. The van der Waals surface area contributed by atoms with Crippen LogP contribution in [0.1, 0.15) is 35.7 Å². The number of pyridine rings is 1. The molecule has 0 saturated heterocycles. The third kappa shape index (κ3) is 4.20. The summed E-state index contributed by atoms with van der Waals surface area (Å²) >= 11 is 0. The van der Waals surface area contributed by atoms with Gasteiger partial charge in [0, 0.05) is 24.1 Å². The van der Waals surface area contributed by atoms with E-state index < -0.39 is 0 Å². The Labute approximate surface area is 201 Å². The molecule has 0 aliphatic heterocycles. The molecule has 0 aliphatic rings. The van der Waals surface area contributed by atoms with Crippen LogP contribution in [0.4, 0.5) is 11.5 Å². The second-order valence-electron chi connectivity index (χ2n) is 8.16. The minimum absolute atomic E-state index is 0.210. The van der Waals surface area contributed by atoms with Crippen LogP contribution in [0, 0.1) is 25.2 Å². The van der Waals surface area contributed by atoms with E-state index in [-0.39, 0.29) is 6.10 Å². The zero-order chi connectivity index (χ0) is 24.5. The van der Waals surface area contributed by atoms with Gasteiger partial charge in [-0.25, -0.2) is 14.6 Å². The molecule has 35 heavy (non-hydrogen) atoms. The van der Waals surface area contributed by atoms with E-state index >= 15 is 0 Å². The first-order valence-electron chi connectivity index (χ1n) is 11.0. The molecule has 10 nitrogen and oxygen atoms in total. The molecule has 10 heteroatoms. The fourth-order valence-corrected chi connectivity index (χ4v) is 3.83. The van der Waals surface area contributed by atoms with Crippen LogP contribution >= 0.6 is 0 Å². The summed E-state index contributed by atoms with van der Waals surface area (Å²) in [6, 6.07) is 17.4. The molecule has 0 aliphatic carbocycles. The number of aryl methyl sites for hydroxylation is 2. The van der Waals surface area contributed by atoms with E-state index in [0.29, 0.717) is 23.1 Å². The molecule has 4 aromatic heterocycles. The van der Waals surface area contributed by atoms with E-state index in [1.54, 1.807) is 24.2 Å². The Bertz CT molecular complexity index is 1560. The fourth-order valence-electron chi connectivity index (χ4n) is 3.83. The molecule has 1 aromatic carbocycles. The lowest BCUT2D eigenvalue weighted by atomic mass is 10.1. The van der Waals surface area contributed by atoms with Crippen molar-refractivity contribution in [3.05, 3.63) is 77.5 Å². The normalized spacial score (nSPS) is 12.0. The highest BCUT2D eigenvalue weighted by molar-refractivity contribution is 5.82. The Balaban J connectivity index is 1.55. The monoisotopic (exact) mass is 465 g/mol. The molecule has 0 bridgehead atoms. The standard InChI is InChI=1S/C25H23N9O/c1-15-5-9-23(31-30-15)28-18-6-8-22-21(12-18)27-14-33(22)24-10-7-20(17(3)35-4)25(29-24)34-16(2)11-19(13-26)32-34/h5-12,14,17H,1-4H3,(H,28,31)/t17-/m0/s1. The summed E-state index contributed by atoms with van der Waals surface area (Å²) in [4.78, 5) is 9.49. The third-order valence-electron chi connectivity index (χ3n) is 5.75. The molecule has 0 amide bonds. The maximum absolute atomic E-state index is 9.30. The zero-order valence-corrected chi connectivity index (χ0v) is 19.8. The summed E-state index contributed by atoms with van der Waals surface area (Å²) in [5.41, 5.74) is 5.41. The first-order chi connectivity index (χ1) is 17.0. The van der Waals surface area contributed by atoms with Crippen LogP contribution in [-0.2, 0) is 4.74 Å². The van der Waals surface area contributed by atoms with Gasteiger partial charge in [-0.3, -0.25) is 4.57 Å². The highest BCUT2D eigenvalue weighted by atomic mass is 16.5. The number of hydrogen-bond donors (Lipinski definition) is 1. The van der Waals surface area contributed by atoms with Crippen LogP contribution < -0.4 is 5.32 Å². The van der Waals surface area contributed by atoms with Crippen molar-refractivity contribution in [3.8, 4) is 17.7 Å². The quantitative estimate of drug-likeness (QED) is 0.393. The van der Waals surface area contributed by atoms with Crippen molar-refractivity contribution in [1.82, 2.24) is 34.5 Å². The number of anilines is 2. The van der Waals surface area contributed by atoms with Crippen LogP contribution in [0.3, 0.4) is 0 Å². The van der Waals surface area contributed by atoms with E-state index in [2.05, 4.69) is 31.7 Å². The van der Waals surface area contributed by atoms with E-state index in [0.717, 1.165) is 33.7 Å². The average Bonchev–Trinajstić information content (AvgIpc) is 3.47. The minimum Gasteiger partial charge on any atom is -0.377 e. The van der Waals surface area contributed by atoms with Crippen molar-refractivity contribution >= 4 is 22.5 Å². The molecular weight excluding hydrogens is 442 g/mol. The summed E-state index contributed by atoms with van der Waals surface area (Å²) in [5.74, 6) is 1.94. The molecule has 174 valence electrons. The third-order valence-corrected chi connectivity index (χ3v) is 5.75. The van der Waals surface area contributed by atoms with Gasteiger partial charge in [-0.05, 0) is 69.3 Å². The maximum atomic E-state index is 9.30. The predicted octanol–water partition coefficient (Wildman–Crippen LogP) is 4.34. The number of nitrogens with one attached hydrogen (secondary N) is 1. The summed E-state index contributed by atoms with van der Waals surface area (Å²) in [6.07, 6.45) is 1.53. The van der Waals surface area contributed by atoms with Crippen molar-refractivity contribution in [3.63, 3.8) is 0 Å². The summed E-state index contributed by atoms with van der Waals surface area (Å²) in [5, 5.41) is 25.2. The van der Waals surface area contributed by atoms with Gasteiger partial charge in [-0.1, -0.05) is 0 Å². The van der Waals surface area contributed by atoms with Crippen LogP contribution in [0.15, 0.2) is 54.9 Å². The second-order valence-corrected chi connectivity index (χ2v) is 8.16. The van der Waals surface area contributed by atoms with Crippen molar-refractivity contribution in [1.29, 1.82) is 5.26 Å². The number of ether oxygens (including phenoxy) is 1.